The van der Waals surface area contributed by atoms with Gasteiger partial charge in [-0.1, -0.05) is 0 Å². The SMILES string of the molecule is N#CC1CC(F)CN1C(=O)CNC12CCC(F)(CC1)CC2. The van der Waals surface area contributed by atoms with Gasteiger partial charge >= 0.3 is 0 Å². The van der Waals surface area contributed by atoms with Gasteiger partial charge in [-0.3, -0.25) is 4.79 Å². The molecule has 1 N–H and O–H groups in total. The van der Waals surface area contributed by atoms with E-state index in [0.29, 0.717) is 19.3 Å². The van der Waals surface area contributed by atoms with Crippen LogP contribution >= 0.6 is 0 Å². The van der Waals surface area contributed by atoms with Crippen LogP contribution in [0.2, 0.25) is 0 Å². The number of hydrogen-bond donors (Lipinski definition) is 1. The van der Waals surface area contributed by atoms with Gasteiger partial charge in [-0.05, 0) is 38.5 Å². The van der Waals surface area contributed by atoms with Crippen molar-refractivity contribution in [1.82, 2.24) is 10.2 Å². The first-order chi connectivity index (χ1) is 9.95. The Morgan fingerprint density at radius 2 is 1.90 bits per heavy atom. The molecule has 2 atom stereocenters. The van der Waals surface area contributed by atoms with Gasteiger partial charge in [0.25, 0.3) is 0 Å². The fourth-order valence-corrected chi connectivity index (χ4v) is 3.95. The van der Waals surface area contributed by atoms with Crippen LogP contribution in [0, 0.1) is 11.3 Å². The Morgan fingerprint density at radius 3 is 2.48 bits per heavy atom. The highest BCUT2D eigenvalue weighted by Gasteiger charge is 2.49. The van der Waals surface area contributed by atoms with Gasteiger partial charge in [-0.25, -0.2) is 8.78 Å². The summed E-state index contributed by atoms with van der Waals surface area (Å²) in [6.07, 6.45) is 2.95. The van der Waals surface area contributed by atoms with Gasteiger partial charge in [0.1, 0.15) is 17.9 Å². The van der Waals surface area contributed by atoms with Gasteiger partial charge in [-0.2, -0.15) is 5.26 Å². The van der Waals surface area contributed by atoms with Gasteiger partial charge in [0.15, 0.2) is 0 Å². The van der Waals surface area contributed by atoms with Gasteiger partial charge < -0.3 is 10.2 Å². The van der Waals surface area contributed by atoms with E-state index in [1.165, 1.54) is 4.90 Å². The number of nitrogens with one attached hydrogen (secondary N) is 1. The maximum Gasteiger partial charge on any atom is 0.237 e. The molecule has 4 nitrogen and oxygen atoms in total. The van der Waals surface area contributed by atoms with Gasteiger partial charge in [0.2, 0.25) is 5.91 Å². The Hall–Kier alpha value is -1.22. The lowest BCUT2D eigenvalue weighted by molar-refractivity contribution is -0.131. The van der Waals surface area contributed by atoms with E-state index in [-0.39, 0.29) is 31.0 Å². The molecule has 4 rings (SSSR count). The summed E-state index contributed by atoms with van der Waals surface area (Å²) in [6, 6.07) is 1.34. The molecular weight excluding hydrogens is 276 g/mol. The first kappa shape index (κ1) is 14.7. The molecule has 0 spiro atoms. The smallest absolute Gasteiger partial charge is 0.237 e. The van der Waals surface area contributed by atoms with Crippen molar-refractivity contribution >= 4 is 5.91 Å². The number of nitrogens with zero attached hydrogens (tertiary/aromatic N) is 2. The molecule has 1 aliphatic heterocycles. The lowest BCUT2D eigenvalue weighted by Crippen LogP contribution is -2.58. The molecule has 4 fully saturated rings. The van der Waals surface area contributed by atoms with Crippen LogP contribution in [0.3, 0.4) is 0 Å². The third-order valence-corrected chi connectivity index (χ3v) is 5.49. The molecule has 0 radical (unpaired) electrons. The maximum absolute atomic E-state index is 14.1. The van der Waals surface area contributed by atoms with Crippen LogP contribution in [0.4, 0.5) is 8.78 Å². The molecule has 116 valence electrons. The minimum Gasteiger partial charge on any atom is -0.323 e. The standard InChI is InChI=1S/C15H21F2N3O/c16-11-7-12(8-18)20(10-11)13(21)9-19-15-4-1-14(17,2-5-15)3-6-15/h11-12,19H,1-7,9-10H2. The summed E-state index contributed by atoms with van der Waals surface area (Å²) >= 11 is 0. The Labute approximate surface area is 123 Å². The van der Waals surface area contributed by atoms with Crippen LogP contribution in [0.5, 0.6) is 0 Å². The molecular formula is C15H21F2N3O. The van der Waals surface area contributed by atoms with Crippen molar-refractivity contribution in [2.24, 2.45) is 0 Å². The fraction of sp³-hybridized carbons (Fsp3) is 0.867. The highest BCUT2D eigenvalue weighted by Crippen LogP contribution is 2.48. The predicted molar refractivity (Wildman–Crippen MR) is 72.9 cm³/mol. The van der Waals surface area contributed by atoms with Gasteiger partial charge in [-0.15, -0.1) is 0 Å². The van der Waals surface area contributed by atoms with E-state index in [1.54, 1.807) is 0 Å². The Bertz CT molecular complexity index is 452. The van der Waals surface area contributed by atoms with E-state index in [1.807, 2.05) is 6.07 Å². The monoisotopic (exact) mass is 297 g/mol. The van der Waals surface area contributed by atoms with Crippen molar-refractivity contribution in [3.63, 3.8) is 0 Å². The average molecular weight is 297 g/mol. The second-order valence-electron chi connectivity index (χ2n) is 6.81. The van der Waals surface area contributed by atoms with E-state index in [4.69, 9.17) is 5.26 Å². The van der Waals surface area contributed by atoms with Crippen LogP contribution < -0.4 is 5.32 Å². The Kier molecular flexibility index (Phi) is 3.64. The number of amides is 1. The largest absolute Gasteiger partial charge is 0.323 e. The molecule has 0 aromatic rings. The average Bonchev–Trinajstić information content (AvgIpc) is 2.88. The first-order valence-corrected chi connectivity index (χ1v) is 7.72. The number of fused-ring (bicyclic) bond motifs is 3. The second kappa shape index (κ2) is 5.20. The normalized spacial score (nSPS) is 42.0. The summed E-state index contributed by atoms with van der Waals surface area (Å²) in [5.41, 5.74) is -1.13. The number of halogens is 2. The molecule has 1 amide bonds. The molecule has 2 bridgehead atoms. The molecule has 6 heteroatoms. The van der Waals surface area contributed by atoms with E-state index >= 15 is 0 Å². The topological polar surface area (TPSA) is 56.1 Å². The maximum atomic E-state index is 14.1. The quantitative estimate of drug-likeness (QED) is 0.865. The number of likely N-dealkylation sites (tertiary alicyclic amines) is 1. The lowest BCUT2D eigenvalue weighted by Gasteiger charge is -2.50. The molecule has 0 aromatic carbocycles. The van der Waals surface area contributed by atoms with Crippen molar-refractivity contribution in [1.29, 1.82) is 5.26 Å². The molecule has 1 saturated heterocycles. The van der Waals surface area contributed by atoms with Crippen molar-refractivity contribution in [2.45, 2.75) is 68.4 Å². The Morgan fingerprint density at radius 1 is 1.29 bits per heavy atom. The summed E-state index contributed by atoms with van der Waals surface area (Å²) in [5, 5.41) is 12.3. The molecule has 3 saturated carbocycles. The first-order valence-electron chi connectivity index (χ1n) is 7.72. The summed E-state index contributed by atoms with van der Waals surface area (Å²) in [4.78, 5) is 13.5. The zero-order chi connectivity index (χ0) is 15.1. The fourth-order valence-electron chi connectivity index (χ4n) is 3.95. The summed E-state index contributed by atoms with van der Waals surface area (Å²) < 4.78 is 27.5. The minimum absolute atomic E-state index is 0.0132. The van der Waals surface area contributed by atoms with Crippen molar-refractivity contribution in [2.75, 3.05) is 13.1 Å². The molecule has 21 heavy (non-hydrogen) atoms. The van der Waals surface area contributed by atoms with Gasteiger partial charge in [0, 0.05) is 12.0 Å². The number of carbonyl (C=O) groups excluding carboxylic acids is 1. The summed E-state index contributed by atoms with van der Waals surface area (Å²) in [7, 11) is 0. The zero-order valence-corrected chi connectivity index (χ0v) is 12.1. The molecule has 2 unspecified atom stereocenters. The van der Waals surface area contributed by atoms with Crippen LogP contribution in [0.1, 0.15) is 44.9 Å². The van der Waals surface area contributed by atoms with Crippen LogP contribution in [-0.2, 0) is 4.79 Å². The number of nitriles is 1. The summed E-state index contributed by atoms with van der Waals surface area (Å²) in [5.74, 6) is -0.223. The summed E-state index contributed by atoms with van der Waals surface area (Å²) in [6.45, 7) is 0.128. The minimum atomic E-state index is -1.10. The number of carbonyl (C=O) groups is 1. The highest BCUT2D eigenvalue weighted by molar-refractivity contribution is 5.79. The second-order valence-corrected chi connectivity index (χ2v) is 6.81. The highest BCUT2D eigenvalue weighted by atomic mass is 19.1. The van der Waals surface area contributed by atoms with Crippen molar-refractivity contribution in [3.05, 3.63) is 0 Å². The zero-order valence-electron chi connectivity index (χ0n) is 12.1. The molecule has 1 heterocycles. The van der Waals surface area contributed by atoms with E-state index in [0.717, 1.165) is 19.3 Å². The number of rotatable bonds is 3. The third-order valence-electron chi connectivity index (χ3n) is 5.49. The predicted octanol–water partition coefficient (Wildman–Crippen LogP) is 1.85. The third kappa shape index (κ3) is 2.76. The van der Waals surface area contributed by atoms with Crippen molar-refractivity contribution in [3.8, 4) is 6.07 Å². The Balaban J connectivity index is 1.56. The lowest BCUT2D eigenvalue weighted by atomic mass is 9.64. The van der Waals surface area contributed by atoms with E-state index in [2.05, 4.69) is 5.32 Å². The van der Waals surface area contributed by atoms with Crippen molar-refractivity contribution < 1.29 is 13.6 Å². The van der Waals surface area contributed by atoms with E-state index < -0.39 is 17.9 Å². The van der Waals surface area contributed by atoms with Crippen LogP contribution in [0.25, 0.3) is 0 Å². The molecule has 4 aliphatic rings. The van der Waals surface area contributed by atoms with Crippen LogP contribution in [-0.4, -0.2) is 47.3 Å². The molecule has 3 aliphatic carbocycles. The van der Waals surface area contributed by atoms with E-state index in [9.17, 15) is 13.6 Å². The number of hydrogen-bond acceptors (Lipinski definition) is 3. The molecule has 0 aromatic heterocycles. The van der Waals surface area contributed by atoms with Gasteiger partial charge in [0.05, 0.1) is 19.2 Å². The van der Waals surface area contributed by atoms with Crippen LogP contribution in [0.15, 0.2) is 0 Å². The number of alkyl halides is 2.